The molecule has 0 saturated carbocycles. The van der Waals surface area contributed by atoms with Gasteiger partial charge in [-0.05, 0) is 73.3 Å². The zero-order valence-electron chi connectivity index (χ0n) is 17.4. The summed E-state index contributed by atoms with van der Waals surface area (Å²) in [5, 5.41) is 0. The van der Waals surface area contributed by atoms with Gasteiger partial charge in [0.2, 0.25) is 0 Å². The fraction of sp³-hybridized carbons (Fsp3) is 0.591. The maximum absolute atomic E-state index is 4.94. The van der Waals surface area contributed by atoms with Gasteiger partial charge in [0.1, 0.15) is 0 Å². The molecule has 0 atom stereocenters. The molecule has 1 aliphatic rings. The third kappa shape index (κ3) is 3.03. The van der Waals surface area contributed by atoms with Crippen molar-refractivity contribution >= 4 is 11.3 Å². The van der Waals surface area contributed by atoms with E-state index < -0.39 is 0 Å². The molecular formula is C22H34N2. The Morgan fingerprint density at radius 3 is 1.79 bits per heavy atom. The zero-order valence-corrected chi connectivity index (χ0v) is 17.4. The summed E-state index contributed by atoms with van der Waals surface area (Å²) < 4.78 is 0. The fourth-order valence-electron chi connectivity index (χ4n) is 4.54. The van der Waals surface area contributed by atoms with Crippen LogP contribution in [0.25, 0.3) is 5.57 Å². The Bertz CT molecular complexity index is 766. The SMILES string of the molecule is CC1=N/C(=C(/C)c2[nH]c(C)c(C(C)(C)C)c2C)C(C)=C1C(C)(C)C. The van der Waals surface area contributed by atoms with Gasteiger partial charge in [-0.15, -0.1) is 0 Å². The summed E-state index contributed by atoms with van der Waals surface area (Å²) in [6.45, 7) is 24.6. The summed E-state index contributed by atoms with van der Waals surface area (Å²) in [4.78, 5) is 8.57. The Morgan fingerprint density at radius 2 is 1.42 bits per heavy atom. The summed E-state index contributed by atoms with van der Waals surface area (Å²) in [5.41, 5.74) is 11.8. The van der Waals surface area contributed by atoms with Crippen molar-refractivity contribution < 1.29 is 0 Å². The lowest BCUT2D eigenvalue weighted by molar-refractivity contribution is 0.522. The highest BCUT2D eigenvalue weighted by Gasteiger charge is 2.30. The summed E-state index contributed by atoms with van der Waals surface area (Å²) in [6.07, 6.45) is 0. The first-order valence-electron chi connectivity index (χ1n) is 8.95. The second-order valence-corrected chi connectivity index (χ2v) is 9.30. The number of aliphatic imine (C=N–C) groups is 1. The lowest BCUT2D eigenvalue weighted by atomic mass is 9.81. The van der Waals surface area contributed by atoms with E-state index in [9.17, 15) is 0 Å². The second kappa shape index (κ2) is 5.75. The van der Waals surface area contributed by atoms with E-state index in [1.54, 1.807) is 0 Å². The molecule has 2 rings (SSSR count). The fourth-order valence-corrected chi connectivity index (χ4v) is 4.54. The minimum Gasteiger partial charge on any atom is -0.358 e. The van der Waals surface area contributed by atoms with Crippen LogP contribution in [0.1, 0.15) is 84.8 Å². The first-order chi connectivity index (χ1) is 10.8. The molecule has 1 N–H and O–H groups in total. The maximum atomic E-state index is 4.94. The van der Waals surface area contributed by atoms with Crippen LogP contribution in [-0.2, 0) is 5.41 Å². The molecule has 0 radical (unpaired) electrons. The summed E-state index contributed by atoms with van der Waals surface area (Å²) in [7, 11) is 0. The van der Waals surface area contributed by atoms with E-state index in [0.29, 0.717) is 0 Å². The number of aryl methyl sites for hydroxylation is 1. The van der Waals surface area contributed by atoms with Gasteiger partial charge in [-0.25, -0.2) is 0 Å². The second-order valence-electron chi connectivity index (χ2n) is 9.30. The molecule has 1 aliphatic heterocycles. The van der Waals surface area contributed by atoms with Crippen LogP contribution in [-0.4, -0.2) is 10.7 Å². The number of H-pyrrole nitrogens is 1. The van der Waals surface area contributed by atoms with E-state index in [1.807, 2.05) is 0 Å². The van der Waals surface area contributed by atoms with Crippen molar-refractivity contribution in [2.45, 2.75) is 81.6 Å². The standard InChI is InChI=1S/C22H34N2/c1-12-17(21(6,7)8)15(4)23-19(12)14(3)20-13(2)18(16(5)24-20)22(9,10)11/h23H,1-11H3/b20-14-. The molecule has 2 nitrogen and oxygen atoms in total. The smallest absolute Gasteiger partial charge is 0.0715 e. The highest BCUT2D eigenvalue weighted by molar-refractivity contribution is 6.05. The van der Waals surface area contributed by atoms with Gasteiger partial charge in [0.25, 0.3) is 0 Å². The largest absolute Gasteiger partial charge is 0.358 e. The van der Waals surface area contributed by atoms with Crippen molar-refractivity contribution in [3.8, 4) is 0 Å². The molecule has 2 heterocycles. The van der Waals surface area contributed by atoms with Gasteiger partial charge >= 0.3 is 0 Å². The number of hydrogen-bond acceptors (Lipinski definition) is 1. The quantitative estimate of drug-likeness (QED) is 0.610. The predicted octanol–water partition coefficient (Wildman–Crippen LogP) is 6.50. The number of hydrogen-bond donors (Lipinski definition) is 1. The molecule has 24 heavy (non-hydrogen) atoms. The highest BCUT2D eigenvalue weighted by atomic mass is 14.8. The molecule has 0 unspecified atom stereocenters. The number of allylic oxidation sites excluding steroid dienone is 3. The molecule has 0 saturated heterocycles. The van der Waals surface area contributed by atoms with Crippen molar-refractivity contribution in [3.63, 3.8) is 0 Å². The average Bonchev–Trinajstić information content (AvgIpc) is 2.84. The predicted molar refractivity (Wildman–Crippen MR) is 107 cm³/mol. The van der Waals surface area contributed by atoms with Crippen molar-refractivity contribution in [2.24, 2.45) is 10.4 Å². The van der Waals surface area contributed by atoms with Crippen LogP contribution in [0.2, 0.25) is 0 Å². The molecule has 0 aromatic carbocycles. The van der Waals surface area contributed by atoms with Gasteiger partial charge in [0.15, 0.2) is 0 Å². The molecule has 0 aliphatic carbocycles. The van der Waals surface area contributed by atoms with Gasteiger partial charge in [0, 0.05) is 17.1 Å². The minimum atomic E-state index is 0.122. The Hall–Kier alpha value is -1.57. The molecular weight excluding hydrogens is 292 g/mol. The highest BCUT2D eigenvalue weighted by Crippen LogP contribution is 2.41. The number of nitrogens with one attached hydrogen (secondary N) is 1. The maximum Gasteiger partial charge on any atom is 0.0715 e. The van der Waals surface area contributed by atoms with Gasteiger partial charge in [0.05, 0.1) is 5.70 Å². The molecule has 0 fully saturated rings. The first kappa shape index (κ1) is 18.8. The molecule has 0 bridgehead atoms. The first-order valence-corrected chi connectivity index (χ1v) is 8.95. The third-order valence-electron chi connectivity index (χ3n) is 5.04. The van der Waals surface area contributed by atoms with Crippen LogP contribution in [0.15, 0.2) is 21.8 Å². The van der Waals surface area contributed by atoms with Crippen LogP contribution in [0.5, 0.6) is 0 Å². The Kier molecular flexibility index (Phi) is 4.50. The van der Waals surface area contributed by atoms with E-state index in [-0.39, 0.29) is 10.8 Å². The van der Waals surface area contributed by atoms with E-state index in [4.69, 9.17) is 4.99 Å². The lowest BCUT2D eigenvalue weighted by Crippen LogP contribution is -2.15. The number of aromatic amines is 1. The van der Waals surface area contributed by atoms with Crippen LogP contribution < -0.4 is 0 Å². The van der Waals surface area contributed by atoms with Crippen molar-refractivity contribution in [3.05, 3.63) is 39.4 Å². The monoisotopic (exact) mass is 326 g/mol. The van der Waals surface area contributed by atoms with Crippen LogP contribution in [0.4, 0.5) is 0 Å². The van der Waals surface area contributed by atoms with Gasteiger partial charge in [-0.2, -0.15) is 0 Å². The van der Waals surface area contributed by atoms with Crippen molar-refractivity contribution in [1.29, 1.82) is 0 Å². The van der Waals surface area contributed by atoms with E-state index in [1.165, 1.54) is 39.2 Å². The van der Waals surface area contributed by atoms with E-state index >= 15 is 0 Å². The van der Waals surface area contributed by atoms with Crippen LogP contribution in [0.3, 0.4) is 0 Å². The van der Waals surface area contributed by atoms with Gasteiger partial charge in [-0.3, -0.25) is 4.99 Å². The molecule has 0 spiro atoms. The molecule has 0 amide bonds. The van der Waals surface area contributed by atoms with Crippen LogP contribution in [0, 0.1) is 19.3 Å². The molecule has 1 aromatic rings. The summed E-state index contributed by atoms with van der Waals surface area (Å²) in [5.74, 6) is 0. The summed E-state index contributed by atoms with van der Waals surface area (Å²) in [6, 6.07) is 0. The third-order valence-corrected chi connectivity index (χ3v) is 5.04. The lowest BCUT2D eigenvalue weighted by Gasteiger charge is -2.22. The molecule has 2 heteroatoms. The van der Waals surface area contributed by atoms with Crippen molar-refractivity contribution in [1.82, 2.24) is 4.98 Å². The average molecular weight is 327 g/mol. The Labute approximate surface area is 148 Å². The van der Waals surface area contributed by atoms with Gasteiger partial charge < -0.3 is 4.98 Å². The number of aromatic nitrogens is 1. The Balaban J connectivity index is 2.68. The number of nitrogens with zero attached hydrogens (tertiary/aromatic N) is 1. The topological polar surface area (TPSA) is 28.1 Å². The van der Waals surface area contributed by atoms with Crippen LogP contribution >= 0.6 is 0 Å². The van der Waals surface area contributed by atoms with E-state index in [0.717, 1.165) is 11.4 Å². The summed E-state index contributed by atoms with van der Waals surface area (Å²) >= 11 is 0. The van der Waals surface area contributed by atoms with E-state index in [2.05, 4.69) is 81.1 Å². The van der Waals surface area contributed by atoms with Gasteiger partial charge in [-0.1, -0.05) is 41.5 Å². The van der Waals surface area contributed by atoms with Crippen molar-refractivity contribution in [2.75, 3.05) is 0 Å². The molecule has 1 aromatic heterocycles. The number of rotatable bonds is 1. The minimum absolute atomic E-state index is 0.122. The normalized spacial score (nSPS) is 18.4. The molecule has 132 valence electrons. The zero-order chi connectivity index (χ0) is 18.6. The Morgan fingerprint density at radius 1 is 0.875 bits per heavy atom.